The smallest absolute Gasteiger partial charge is 0.231 e. The molecule has 6 heteroatoms. The Kier molecular flexibility index (Phi) is 4.91. The summed E-state index contributed by atoms with van der Waals surface area (Å²) in [5, 5.41) is 5.69. The molecule has 5 aromatic rings. The third-order valence-electron chi connectivity index (χ3n) is 5.23. The van der Waals surface area contributed by atoms with Gasteiger partial charge in [0.2, 0.25) is 5.88 Å². The number of benzene rings is 2. The normalized spacial score (nSPS) is 12.4. The van der Waals surface area contributed by atoms with Crippen LogP contribution in [0.4, 0.5) is 0 Å². The van der Waals surface area contributed by atoms with E-state index < -0.39 is 0 Å². The van der Waals surface area contributed by atoms with Crippen molar-refractivity contribution in [3.63, 3.8) is 0 Å². The van der Waals surface area contributed by atoms with E-state index in [1.54, 1.807) is 10.7 Å². The van der Waals surface area contributed by atoms with Crippen LogP contribution in [0.15, 0.2) is 83.4 Å². The van der Waals surface area contributed by atoms with E-state index in [4.69, 9.17) is 14.9 Å². The maximum Gasteiger partial charge on any atom is 0.231 e. The summed E-state index contributed by atoms with van der Waals surface area (Å²) < 4.78 is 13.8. The van der Waals surface area contributed by atoms with Gasteiger partial charge in [-0.15, -0.1) is 5.10 Å². The van der Waals surface area contributed by atoms with Crippen molar-refractivity contribution < 1.29 is 9.15 Å². The lowest BCUT2D eigenvalue weighted by molar-refractivity contribution is 0.269. The summed E-state index contributed by atoms with van der Waals surface area (Å²) >= 11 is 0. The molecule has 6 nitrogen and oxygen atoms in total. The van der Waals surface area contributed by atoms with Gasteiger partial charge in [-0.05, 0) is 36.7 Å². The Balaban J connectivity index is 1.42. The summed E-state index contributed by atoms with van der Waals surface area (Å²) in [6.07, 6.45) is 2.62. The number of imidazole rings is 1. The average Bonchev–Trinajstić information content (AvgIpc) is 3.40. The van der Waals surface area contributed by atoms with Crippen LogP contribution in [0, 0.1) is 0 Å². The van der Waals surface area contributed by atoms with Gasteiger partial charge in [-0.2, -0.15) is 0 Å². The van der Waals surface area contributed by atoms with Crippen LogP contribution in [0.5, 0.6) is 5.88 Å². The van der Waals surface area contributed by atoms with Gasteiger partial charge >= 0.3 is 0 Å². The summed E-state index contributed by atoms with van der Waals surface area (Å²) in [5.74, 6) is 1.47. The predicted octanol–water partition coefficient (Wildman–Crippen LogP) is 4.65. The molecule has 30 heavy (non-hydrogen) atoms. The summed E-state index contributed by atoms with van der Waals surface area (Å²) in [6.45, 7) is 1.11. The molecule has 0 fully saturated rings. The Morgan fingerprint density at radius 3 is 2.67 bits per heavy atom. The molecule has 0 aliphatic carbocycles. The molecule has 2 N–H and O–H groups in total. The van der Waals surface area contributed by atoms with Gasteiger partial charge in [0, 0.05) is 17.4 Å². The molecule has 3 aromatic heterocycles. The van der Waals surface area contributed by atoms with Gasteiger partial charge in [0.05, 0.1) is 12.8 Å². The molecule has 0 aliphatic rings. The summed E-state index contributed by atoms with van der Waals surface area (Å²) in [7, 11) is 0. The third kappa shape index (κ3) is 3.53. The summed E-state index contributed by atoms with van der Waals surface area (Å²) in [6, 6.07) is 24.0. The van der Waals surface area contributed by atoms with Crippen LogP contribution in [0.3, 0.4) is 0 Å². The van der Waals surface area contributed by atoms with E-state index in [2.05, 4.69) is 22.2 Å². The number of hydrogen-bond acceptors (Lipinski definition) is 5. The maximum absolute atomic E-state index is 6.06. The van der Waals surface area contributed by atoms with Crippen molar-refractivity contribution in [1.29, 1.82) is 0 Å². The first-order valence-electron chi connectivity index (χ1n) is 10.0. The Morgan fingerprint density at radius 1 is 1.00 bits per heavy atom. The minimum absolute atomic E-state index is 0.214. The molecule has 0 aliphatic heterocycles. The highest BCUT2D eigenvalue weighted by Crippen LogP contribution is 2.28. The van der Waals surface area contributed by atoms with Crippen molar-refractivity contribution in [1.82, 2.24) is 14.6 Å². The molecule has 1 atom stereocenters. The van der Waals surface area contributed by atoms with Crippen LogP contribution in [-0.2, 0) is 0 Å². The fourth-order valence-electron chi connectivity index (χ4n) is 3.67. The maximum atomic E-state index is 6.06. The number of nitrogens with zero attached hydrogens (tertiary/aromatic N) is 3. The minimum atomic E-state index is 0.214. The van der Waals surface area contributed by atoms with Crippen LogP contribution < -0.4 is 10.5 Å². The molecule has 0 saturated carbocycles. The second-order valence-corrected chi connectivity index (χ2v) is 7.23. The topological polar surface area (TPSA) is 78.6 Å². The highest BCUT2D eigenvalue weighted by molar-refractivity contribution is 5.82. The monoisotopic (exact) mass is 398 g/mol. The molecule has 0 spiro atoms. The van der Waals surface area contributed by atoms with Crippen LogP contribution in [0.2, 0.25) is 0 Å². The van der Waals surface area contributed by atoms with Crippen molar-refractivity contribution in [3.05, 3.63) is 84.6 Å². The van der Waals surface area contributed by atoms with E-state index in [0.29, 0.717) is 19.0 Å². The van der Waals surface area contributed by atoms with Crippen molar-refractivity contribution in [2.45, 2.75) is 12.3 Å². The second kappa shape index (κ2) is 8.00. The fraction of sp³-hybridized carbons (Fsp3) is 0.167. The summed E-state index contributed by atoms with van der Waals surface area (Å²) in [4.78, 5) is 4.45. The van der Waals surface area contributed by atoms with E-state index in [1.807, 2.05) is 60.7 Å². The van der Waals surface area contributed by atoms with Crippen LogP contribution in [-0.4, -0.2) is 27.7 Å². The lowest BCUT2D eigenvalue weighted by Crippen LogP contribution is -2.15. The molecule has 1 unspecified atom stereocenters. The number of fused-ring (bicyclic) bond motifs is 2. The fourth-order valence-corrected chi connectivity index (χ4v) is 3.67. The molecular formula is C24H22N4O2. The summed E-state index contributed by atoms with van der Waals surface area (Å²) in [5.41, 5.74) is 9.39. The Labute approximate surface area is 173 Å². The van der Waals surface area contributed by atoms with Crippen LogP contribution in [0.25, 0.3) is 28.1 Å². The molecular weight excluding hydrogens is 376 g/mol. The Hall–Kier alpha value is -3.64. The zero-order chi connectivity index (χ0) is 20.3. The highest BCUT2D eigenvalue weighted by atomic mass is 16.5. The average molecular weight is 398 g/mol. The van der Waals surface area contributed by atoms with Gasteiger partial charge in [0.1, 0.15) is 11.3 Å². The van der Waals surface area contributed by atoms with E-state index in [-0.39, 0.29) is 5.92 Å². The van der Waals surface area contributed by atoms with Gasteiger partial charge in [-0.1, -0.05) is 48.5 Å². The molecule has 2 aromatic carbocycles. The van der Waals surface area contributed by atoms with Crippen molar-refractivity contribution in [2.24, 2.45) is 5.73 Å². The SMILES string of the molecule is NCCC(COc1ccc2ncc(-c3cc4ccccc4o3)n2n1)c1ccccc1. The Bertz CT molecular complexity index is 1240. The van der Waals surface area contributed by atoms with Crippen molar-refractivity contribution >= 4 is 16.6 Å². The van der Waals surface area contributed by atoms with Gasteiger partial charge < -0.3 is 14.9 Å². The zero-order valence-corrected chi connectivity index (χ0v) is 16.4. The first-order valence-corrected chi connectivity index (χ1v) is 10.0. The zero-order valence-electron chi connectivity index (χ0n) is 16.4. The highest BCUT2D eigenvalue weighted by Gasteiger charge is 2.15. The first-order chi connectivity index (χ1) is 14.8. The van der Waals surface area contributed by atoms with Crippen molar-refractivity contribution in [3.8, 4) is 17.3 Å². The first kappa shape index (κ1) is 18.4. The van der Waals surface area contributed by atoms with E-state index in [9.17, 15) is 0 Å². The van der Waals surface area contributed by atoms with Gasteiger partial charge in [-0.3, -0.25) is 0 Å². The largest absolute Gasteiger partial charge is 0.476 e. The van der Waals surface area contributed by atoms with Gasteiger partial charge in [0.15, 0.2) is 11.4 Å². The molecule has 0 amide bonds. The standard InChI is InChI=1S/C24H22N4O2/c25-13-12-19(17-6-2-1-3-7-17)16-29-24-11-10-23-26-15-20(28(23)27-24)22-14-18-8-4-5-9-21(18)30-22/h1-11,14-15,19H,12-13,16,25H2. The van der Waals surface area contributed by atoms with Crippen molar-refractivity contribution in [2.75, 3.05) is 13.2 Å². The second-order valence-electron chi connectivity index (χ2n) is 7.23. The van der Waals surface area contributed by atoms with Gasteiger partial charge in [0.25, 0.3) is 0 Å². The van der Waals surface area contributed by atoms with E-state index in [1.165, 1.54) is 5.56 Å². The quantitative estimate of drug-likeness (QED) is 0.432. The Morgan fingerprint density at radius 2 is 1.83 bits per heavy atom. The molecule has 150 valence electrons. The molecule has 3 heterocycles. The third-order valence-corrected chi connectivity index (χ3v) is 5.23. The molecule has 0 saturated heterocycles. The lowest BCUT2D eigenvalue weighted by Gasteiger charge is -2.17. The molecule has 5 rings (SSSR count). The number of hydrogen-bond donors (Lipinski definition) is 1. The number of ether oxygens (including phenoxy) is 1. The number of nitrogens with two attached hydrogens (primary N) is 1. The number of para-hydroxylation sites is 1. The lowest BCUT2D eigenvalue weighted by atomic mass is 9.97. The van der Waals surface area contributed by atoms with Crippen LogP contribution >= 0.6 is 0 Å². The molecule has 0 radical (unpaired) electrons. The van der Waals surface area contributed by atoms with Crippen LogP contribution in [0.1, 0.15) is 17.9 Å². The molecule has 0 bridgehead atoms. The van der Waals surface area contributed by atoms with Gasteiger partial charge in [-0.25, -0.2) is 9.50 Å². The number of furan rings is 1. The predicted molar refractivity (Wildman–Crippen MR) is 117 cm³/mol. The van der Waals surface area contributed by atoms with E-state index >= 15 is 0 Å². The number of rotatable bonds is 7. The number of aromatic nitrogens is 3. The van der Waals surface area contributed by atoms with E-state index in [0.717, 1.165) is 34.5 Å². The minimum Gasteiger partial charge on any atom is -0.476 e.